The van der Waals surface area contributed by atoms with Crippen LogP contribution in [0.15, 0.2) is 42.5 Å². The van der Waals surface area contributed by atoms with Crippen LogP contribution in [0.5, 0.6) is 5.75 Å². The molecule has 106 valence electrons. The molecular weight excluding hydrogens is 248 g/mol. The molecule has 2 rings (SSSR count). The molecule has 2 aromatic rings. The van der Waals surface area contributed by atoms with Gasteiger partial charge >= 0.3 is 0 Å². The van der Waals surface area contributed by atoms with E-state index in [1.54, 1.807) is 7.11 Å². The van der Waals surface area contributed by atoms with Crippen molar-refractivity contribution in [1.82, 2.24) is 0 Å². The van der Waals surface area contributed by atoms with E-state index in [4.69, 9.17) is 4.74 Å². The van der Waals surface area contributed by atoms with Crippen molar-refractivity contribution in [3.63, 3.8) is 0 Å². The molecule has 0 aliphatic carbocycles. The fourth-order valence-electron chi connectivity index (χ4n) is 2.44. The highest BCUT2D eigenvalue weighted by molar-refractivity contribution is 5.38. The maximum absolute atomic E-state index is 10.4. The molecule has 0 saturated carbocycles. The molecule has 0 radical (unpaired) electrons. The molecule has 0 fully saturated rings. The Bertz CT molecular complexity index is 575. The molecule has 0 aliphatic rings. The third-order valence-electron chi connectivity index (χ3n) is 3.53. The molecule has 0 saturated heterocycles. The van der Waals surface area contributed by atoms with E-state index in [1.165, 1.54) is 11.1 Å². The van der Waals surface area contributed by atoms with Crippen LogP contribution in [0.3, 0.4) is 0 Å². The van der Waals surface area contributed by atoms with Crippen molar-refractivity contribution in [1.29, 1.82) is 0 Å². The number of rotatable bonds is 5. The van der Waals surface area contributed by atoms with Gasteiger partial charge in [0.2, 0.25) is 0 Å². The van der Waals surface area contributed by atoms with Crippen molar-refractivity contribution in [2.75, 3.05) is 7.11 Å². The number of benzene rings is 2. The van der Waals surface area contributed by atoms with E-state index >= 15 is 0 Å². The van der Waals surface area contributed by atoms with Gasteiger partial charge < -0.3 is 9.84 Å². The number of methoxy groups -OCH3 is 1. The zero-order chi connectivity index (χ0) is 14.5. The van der Waals surface area contributed by atoms with Crippen LogP contribution in [-0.2, 0) is 6.42 Å². The SMILES string of the molecule is COc1ccc(C)cc1C(O)CCc1cccc(C)c1. The lowest BCUT2D eigenvalue weighted by Gasteiger charge is -2.15. The fourth-order valence-corrected chi connectivity index (χ4v) is 2.44. The molecule has 2 aromatic carbocycles. The van der Waals surface area contributed by atoms with E-state index in [0.29, 0.717) is 6.42 Å². The number of aliphatic hydroxyl groups is 1. The van der Waals surface area contributed by atoms with Gasteiger partial charge in [-0.3, -0.25) is 0 Å². The highest BCUT2D eigenvalue weighted by Crippen LogP contribution is 2.29. The molecule has 0 amide bonds. The van der Waals surface area contributed by atoms with Crippen LogP contribution in [0, 0.1) is 13.8 Å². The smallest absolute Gasteiger partial charge is 0.124 e. The lowest BCUT2D eigenvalue weighted by Crippen LogP contribution is -2.03. The molecule has 20 heavy (non-hydrogen) atoms. The molecule has 0 aliphatic heterocycles. The van der Waals surface area contributed by atoms with Crippen LogP contribution in [0.25, 0.3) is 0 Å². The minimum absolute atomic E-state index is 0.495. The van der Waals surface area contributed by atoms with E-state index in [2.05, 4.69) is 31.2 Å². The number of aryl methyl sites for hydroxylation is 3. The summed E-state index contributed by atoms with van der Waals surface area (Å²) in [5.41, 5.74) is 4.52. The first-order valence-corrected chi connectivity index (χ1v) is 6.98. The molecule has 0 bridgehead atoms. The van der Waals surface area contributed by atoms with Gasteiger partial charge in [-0.05, 0) is 44.4 Å². The summed E-state index contributed by atoms with van der Waals surface area (Å²) in [7, 11) is 1.64. The van der Waals surface area contributed by atoms with Crippen molar-refractivity contribution in [3.05, 3.63) is 64.7 Å². The molecule has 1 atom stereocenters. The van der Waals surface area contributed by atoms with Crippen LogP contribution in [0.2, 0.25) is 0 Å². The Morgan fingerprint density at radius 3 is 2.50 bits per heavy atom. The van der Waals surface area contributed by atoms with Gasteiger partial charge in [-0.25, -0.2) is 0 Å². The first kappa shape index (κ1) is 14.6. The van der Waals surface area contributed by atoms with Crippen LogP contribution in [0.1, 0.15) is 34.8 Å². The minimum Gasteiger partial charge on any atom is -0.496 e. The average Bonchev–Trinajstić information content (AvgIpc) is 2.45. The normalized spacial score (nSPS) is 12.2. The predicted octanol–water partition coefficient (Wildman–Crippen LogP) is 3.98. The van der Waals surface area contributed by atoms with Crippen molar-refractivity contribution in [2.24, 2.45) is 0 Å². The van der Waals surface area contributed by atoms with Crippen molar-refractivity contribution in [3.8, 4) is 5.75 Å². The first-order chi connectivity index (χ1) is 9.60. The van der Waals surface area contributed by atoms with Crippen LogP contribution >= 0.6 is 0 Å². The van der Waals surface area contributed by atoms with E-state index in [0.717, 1.165) is 23.3 Å². The highest BCUT2D eigenvalue weighted by atomic mass is 16.5. The lowest BCUT2D eigenvalue weighted by molar-refractivity contribution is 0.163. The summed E-state index contributed by atoms with van der Waals surface area (Å²) in [6.45, 7) is 4.11. The van der Waals surface area contributed by atoms with Gasteiger partial charge in [0.15, 0.2) is 0 Å². The minimum atomic E-state index is -0.495. The summed E-state index contributed by atoms with van der Waals surface area (Å²) in [5, 5.41) is 10.4. The maximum Gasteiger partial charge on any atom is 0.124 e. The van der Waals surface area contributed by atoms with Gasteiger partial charge in [-0.2, -0.15) is 0 Å². The molecule has 2 nitrogen and oxygen atoms in total. The van der Waals surface area contributed by atoms with Gasteiger partial charge in [0, 0.05) is 5.56 Å². The molecule has 2 heteroatoms. The Morgan fingerprint density at radius 1 is 1.05 bits per heavy atom. The molecule has 1 N–H and O–H groups in total. The second-order valence-electron chi connectivity index (χ2n) is 5.29. The standard InChI is InChI=1S/C18H22O2/c1-13-5-4-6-15(11-13)8-9-17(19)16-12-14(2)7-10-18(16)20-3/h4-7,10-12,17,19H,8-9H2,1-3H3. The second-order valence-corrected chi connectivity index (χ2v) is 5.29. The molecule has 0 heterocycles. The van der Waals surface area contributed by atoms with Crippen LogP contribution < -0.4 is 4.74 Å². The first-order valence-electron chi connectivity index (χ1n) is 6.98. The number of hydrogen-bond donors (Lipinski definition) is 1. The Hall–Kier alpha value is -1.80. The average molecular weight is 270 g/mol. The summed E-state index contributed by atoms with van der Waals surface area (Å²) in [6, 6.07) is 14.3. The summed E-state index contributed by atoms with van der Waals surface area (Å²) >= 11 is 0. The van der Waals surface area contributed by atoms with Crippen molar-refractivity contribution >= 4 is 0 Å². The summed E-state index contributed by atoms with van der Waals surface area (Å²) in [6.07, 6.45) is 1.06. The van der Waals surface area contributed by atoms with Gasteiger partial charge in [0.1, 0.15) is 5.75 Å². The third kappa shape index (κ3) is 3.61. The largest absolute Gasteiger partial charge is 0.496 e. The van der Waals surface area contributed by atoms with Crippen molar-refractivity contribution in [2.45, 2.75) is 32.8 Å². The van der Waals surface area contributed by atoms with Gasteiger partial charge in [0.05, 0.1) is 13.2 Å². The van der Waals surface area contributed by atoms with Crippen LogP contribution in [-0.4, -0.2) is 12.2 Å². The summed E-state index contributed by atoms with van der Waals surface area (Å²) in [4.78, 5) is 0. The summed E-state index contributed by atoms with van der Waals surface area (Å²) in [5.74, 6) is 0.757. The predicted molar refractivity (Wildman–Crippen MR) is 82.2 cm³/mol. The molecule has 0 aromatic heterocycles. The van der Waals surface area contributed by atoms with Gasteiger partial charge in [-0.1, -0.05) is 41.5 Å². The molecule has 0 spiro atoms. The Labute approximate surface area is 121 Å². The second kappa shape index (κ2) is 6.58. The van der Waals surface area contributed by atoms with E-state index in [1.807, 2.05) is 25.1 Å². The maximum atomic E-state index is 10.4. The Kier molecular flexibility index (Phi) is 4.80. The lowest BCUT2D eigenvalue weighted by atomic mass is 9.98. The van der Waals surface area contributed by atoms with Gasteiger partial charge in [-0.15, -0.1) is 0 Å². The van der Waals surface area contributed by atoms with Gasteiger partial charge in [0.25, 0.3) is 0 Å². The topological polar surface area (TPSA) is 29.5 Å². The van der Waals surface area contributed by atoms with Crippen LogP contribution in [0.4, 0.5) is 0 Å². The van der Waals surface area contributed by atoms with E-state index < -0.39 is 6.10 Å². The molecule has 1 unspecified atom stereocenters. The highest BCUT2D eigenvalue weighted by Gasteiger charge is 2.13. The summed E-state index contributed by atoms with van der Waals surface area (Å²) < 4.78 is 5.33. The van der Waals surface area contributed by atoms with Crippen molar-refractivity contribution < 1.29 is 9.84 Å². The number of hydrogen-bond acceptors (Lipinski definition) is 2. The number of aliphatic hydroxyl groups excluding tert-OH is 1. The Morgan fingerprint density at radius 2 is 1.80 bits per heavy atom. The van der Waals surface area contributed by atoms with E-state index in [-0.39, 0.29) is 0 Å². The fraction of sp³-hybridized carbons (Fsp3) is 0.333. The monoisotopic (exact) mass is 270 g/mol. The molecular formula is C18H22O2. The zero-order valence-corrected chi connectivity index (χ0v) is 12.4. The quantitative estimate of drug-likeness (QED) is 0.890. The zero-order valence-electron chi connectivity index (χ0n) is 12.4. The third-order valence-corrected chi connectivity index (χ3v) is 3.53. The Balaban J connectivity index is 2.08. The number of ether oxygens (including phenoxy) is 1. The van der Waals surface area contributed by atoms with E-state index in [9.17, 15) is 5.11 Å².